The Morgan fingerprint density at radius 3 is 2.53 bits per heavy atom. The maximum absolute atomic E-state index is 12.2. The number of carbonyl (C=O) groups excluding carboxylic acids is 2. The van der Waals surface area contributed by atoms with Crippen LogP contribution in [0.2, 0.25) is 0 Å². The van der Waals surface area contributed by atoms with Gasteiger partial charge in [-0.3, -0.25) is 14.6 Å². The molecule has 160 valence electrons. The fraction of sp³-hybridized carbons (Fsp3) is 0.120. The van der Waals surface area contributed by atoms with Gasteiger partial charge >= 0.3 is 0 Å². The van der Waals surface area contributed by atoms with Crippen LogP contribution in [-0.2, 0) is 29.5 Å². The van der Waals surface area contributed by atoms with Gasteiger partial charge in [0.25, 0.3) is 0 Å². The molecule has 3 aromatic heterocycles. The maximum atomic E-state index is 12.2. The number of hydrogen-bond acceptors (Lipinski definition) is 4. The van der Waals surface area contributed by atoms with Crippen molar-refractivity contribution in [3.05, 3.63) is 95.6 Å². The molecule has 0 bridgehead atoms. The second-order valence-corrected chi connectivity index (χ2v) is 7.52. The number of nitrogens with zero attached hydrogens (tertiary/aromatic N) is 3. The standard InChI is InChI=1S/C25H23N5O2/c1-30-21(14-19-4-2-3-5-22(19)30)15-20(25(26)32)12-18-6-7-23(28-16-18)29-24(31)13-17-8-10-27-11-9-17/h2-12,14,16H,13,15H2,1H3,(H2,26,32)(H,28,29,31). The zero-order valence-electron chi connectivity index (χ0n) is 17.7. The van der Waals surface area contributed by atoms with Crippen LogP contribution in [0.4, 0.5) is 5.82 Å². The van der Waals surface area contributed by atoms with Crippen LogP contribution in [0.15, 0.2) is 78.8 Å². The van der Waals surface area contributed by atoms with Gasteiger partial charge in [0.05, 0.1) is 6.42 Å². The van der Waals surface area contributed by atoms with Crippen LogP contribution < -0.4 is 11.1 Å². The van der Waals surface area contributed by atoms with Crippen LogP contribution in [0, 0.1) is 0 Å². The quantitative estimate of drug-likeness (QED) is 0.444. The lowest BCUT2D eigenvalue weighted by molar-refractivity contribution is -0.116. The minimum atomic E-state index is -0.481. The smallest absolute Gasteiger partial charge is 0.245 e. The van der Waals surface area contributed by atoms with Gasteiger partial charge in [0, 0.05) is 48.8 Å². The molecule has 3 N–H and O–H groups in total. The van der Waals surface area contributed by atoms with Crippen LogP contribution >= 0.6 is 0 Å². The number of hydrogen-bond donors (Lipinski definition) is 2. The Hall–Kier alpha value is -4.26. The van der Waals surface area contributed by atoms with Crippen molar-refractivity contribution >= 4 is 34.6 Å². The molecule has 0 saturated carbocycles. The van der Waals surface area contributed by atoms with E-state index in [1.165, 1.54) is 0 Å². The molecule has 0 atom stereocenters. The fourth-order valence-electron chi connectivity index (χ4n) is 3.56. The average Bonchev–Trinajstić information content (AvgIpc) is 3.10. The Morgan fingerprint density at radius 2 is 1.84 bits per heavy atom. The Labute approximate surface area is 185 Å². The predicted octanol–water partition coefficient (Wildman–Crippen LogP) is 3.26. The Kier molecular flexibility index (Phi) is 6.07. The summed E-state index contributed by atoms with van der Waals surface area (Å²) in [5, 5.41) is 3.88. The number of nitrogens with two attached hydrogens (primary N) is 1. The number of pyridine rings is 2. The van der Waals surface area contributed by atoms with Gasteiger partial charge < -0.3 is 15.6 Å². The molecule has 0 aliphatic rings. The minimum absolute atomic E-state index is 0.166. The summed E-state index contributed by atoms with van der Waals surface area (Å²) in [6.07, 6.45) is 7.28. The number of fused-ring (bicyclic) bond motifs is 1. The fourth-order valence-corrected chi connectivity index (χ4v) is 3.56. The number of aryl methyl sites for hydroxylation is 1. The molecule has 0 aliphatic carbocycles. The predicted molar refractivity (Wildman–Crippen MR) is 125 cm³/mol. The van der Waals surface area contributed by atoms with Gasteiger partial charge in [-0.25, -0.2) is 4.98 Å². The molecule has 0 radical (unpaired) electrons. The SMILES string of the molecule is Cn1c(CC(=Cc2ccc(NC(=O)Cc3ccncc3)nc2)C(N)=O)cc2ccccc21. The van der Waals surface area contributed by atoms with Crippen LogP contribution in [0.25, 0.3) is 17.0 Å². The third-order valence-electron chi connectivity index (χ3n) is 5.25. The number of nitrogens with one attached hydrogen (secondary N) is 1. The monoisotopic (exact) mass is 425 g/mol. The number of primary amides is 1. The van der Waals surface area contributed by atoms with Crippen LogP contribution in [0.1, 0.15) is 16.8 Å². The molecule has 32 heavy (non-hydrogen) atoms. The van der Waals surface area contributed by atoms with Crippen molar-refractivity contribution in [1.29, 1.82) is 0 Å². The molecule has 4 rings (SSSR count). The minimum Gasteiger partial charge on any atom is -0.366 e. The van der Waals surface area contributed by atoms with E-state index in [1.54, 1.807) is 48.9 Å². The first-order valence-electron chi connectivity index (χ1n) is 10.2. The molecule has 7 nitrogen and oxygen atoms in total. The zero-order valence-corrected chi connectivity index (χ0v) is 17.7. The number of rotatable bonds is 7. The molecule has 0 aliphatic heterocycles. The molecule has 0 spiro atoms. The lowest BCUT2D eigenvalue weighted by Crippen LogP contribution is -2.16. The summed E-state index contributed by atoms with van der Waals surface area (Å²) in [4.78, 5) is 32.5. The van der Waals surface area contributed by atoms with Crippen LogP contribution in [0.3, 0.4) is 0 Å². The van der Waals surface area contributed by atoms with Gasteiger partial charge in [0.2, 0.25) is 11.8 Å². The first kappa shape index (κ1) is 21.0. The summed E-state index contributed by atoms with van der Waals surface area (Å²) in [5.41, 5.74) is 9.81. The summed E-state index contributed by atoms with van der Waals surface area (Å²) < 4.78 is 2.06. The lowest BCUT2D eigenvalue weighted by atomic mass is 10.1. The highest BCUT2D eigenvalue weighted by molar-refractivity contribution is 5.97. The van der Waals surface area contributed by atoms with E-state index in [-0.39, 0.29) is 12.3 Å². The lowest BCUT2D eigenvalue weighted by Gasteiger charge is -2.07. The van der Waals surface area contributed by atoms with Crippen LogP contribution in [0.5, 0.6) is 0 Å². The number of amides is 2. The summed E-state index contributed by atoms with van der Waals surface area (Å²) in [7, 11) is 1.97. The Balaban J connectivity index is 1.47. The number of para-hydroxylation sites is 1. The number of anilines is 1. The number of carbonyl (C=O) groups is 2. The highest BCUT2D eigenvalue weighted by Gasteiger charge is 2.12. The molecule has 1 aromatic carbocycles. The topological polar surface area (TPSA) is 103 Å². The molecule has 7 heteroatoms. The van der Waals surface area contributed by atoms with Crippen molar-refractivity contribution < 1.29 is 9.59 Å². The van der Waals surface area contributed by atoms with Crippen molar-refractivity contribution in [2.45, 2.75) is 12.8 Å². The summed E-state index contributed by atoms with van der Waals surface area (Å²) in [6.45, 7) is 0. The van der Waals surface area contributed by atoms with E-state index in [2.05, 4.69) is 25.9 Å². The molecule has 3 heterocycles. The number of benzene rings is 1. The average molecular weight is 425 g/mol. The highest BCUT2D eigenvalue weighted by atomic mass is 16.2. The summed E-state index contributed by atoms with van der Waals surface area (Å²) >= 11 is 0. The second kappa shape index (κ2) is 9.26. The van der Waals surface area contributed by atoms with E-state index >= 15 is 0 Å². The van der Waals surface area contributed by atoms with E-state index in [4.69, 9.17) is 5.73 Å². The van der Waals surface area contributed by atoms with Gasteiger partial charge in [-0.05, 0) is 59.0 Å². The van der Waals surface area contributed by atoms with Gasteiger partial charge in [-0.15, -0.1) is 0 Å². The summed E-state index contributed by atoms with van der Waals surface area (Å²) in [6, 6.07) is 17.2. The second-order valence-electron chi connectivity index (χ2n) is 7.52. The van der Waals surface area contributed by atoms with Crippen molar-refractivity contribution in [2.24, 2.45) is 12.8 Å². The van der Waals surface area contributed by atoms with Crippen molar-refractivity contribution in [2.75, 3.05) is 5.32 Å². The number of aromatic nitrogens is 3. The normalized spacial score (nSPS) is 11.5. The third kappa shape index (κ3) is 4.89. The van der Waals surface area contributed by atoms with E-state index in [0.717, 1.165) is 27.7 Å². The van der Waals surface area contributed by atoms with E-state index in [0.29, 0.717) is 17.8 Å². The third-order valence-corrected chi connectivity index (χ3v) is 5.25. The molecule has 4 aromatic rings. The zero-order chi connectivity index (χ0) is 22.5. The van der Waals surface area contributed by atoms with Gasteiger partial charge in [0.1, 0.15) is 5.82 Å². The Bertz CT molecular complexity index is 1290. The van der Waals surface area contributed by atoms with Crippen molar-refractivity contribution in [3.8, 4) is 0 Å². The molecule has 0 fully saturated rings. The van der Waals surface area contributed by atoms with Crippen LogP contribution in [-0.4, -0.2) is 26.3 Å². The van der Waals surface area contributed by atoms with Gasteiger partial charge in [-0.1, -0.05) is 18.2 Å². The van der Waals surface area contributed by atoms with E-state index in [9.17, 15) is 9.59 Å². The molecular formula is C25H23N5O2. The molecule has 0 unspecified atom stereocenters. The first-order valence-corrected chi connectivity index (χ1v) is 10.2. The van der Waals surface area contributed by atoms with E-state index < -0.39 is 5.91 Å². The molecule has 2 amide bonds. The van der Waals surface area contributed by atoms with Gasteiger partial charge in [0.15, 0.2) is 0 Å². The van der Waals surface area contributed by atoms with E-state index in [1.807, 2.05) is 31.3 Å². The summed E-state index contributed by atoms with van der Waals surface area (Å²) in [5.74, 6) is -0.207. The Morgan fingerprint density at radius 1 is 1.06 bits per heavy atom. The first-order chi connectivity index (χ1) is 15.5. The molecule has 0 saturated heterocycles. The van der Waals surface area contributed by atoms with Gasteiger partial charge in [-0.2, -0.15) is 0 Å². The van der Waals surface area contributed by atoms with Crippen molar-refractivity contribution in [1.82, 2.24) is 14.5 Å². The highest BCUT2D eigenvalue weighted by Crippen LogP contribution is 2.21. The maximum Gasteiger partial charge on any atom is 0.245 e. The molecular weight excluding hydrogens is 402 g/mol. The van der Waals surface area contributed by atoms with Crippen molar-refractivity contribution in [3.63, 3.8) is 0 Å². The largest absolute Gasteiger partial charge is 0.366 e.